The van der Waals surface area contributed by atoms with Crippen LogP contribution in [0, 0.1) is 19.8 Å². The van der Waals surface area contributed by atoms with Gasteiger partial charge in [0.2, 0.25) is 0 Å². The molecule has 0 spiro atoms. The van der Waals surface area contributed by atoms with Crippen molar-refractivity contribution in [1.29, 1.82) is 0 Å². The molecule has 27 heavy (non-hydrogen) atoms. The van der Waals surface area contributed by atoms with Gasteiger partial charge in [-0.25, -0.2) is 8.42 Å². The minimum atomic E-state index is -3.22. The SMILES string of the molecule is Cc1cc(C(=O)CN2CCC(C)CC2)c(C)n1-c1ccc(S(C)(=O)=O)cc1. The van der Waals surface area contributed by atoms with Gasteiger partial charge < -0.3 is 4.57 Å². The van der Waals surface area contributed by atoms with Gasteiger partial charge in [-0.2, -0.15) is 0 Å². The molecule has 1 saturated heterocycles. The van der Waals surface area contributed by atoms with Crippen molar-refractivity contribution in [2.24, 2.45) is 5.92 Å². The third-order valence-corrected chi connectivity index (χ3v) is 6.63. The van der Waals surface area contributed by atoms with E-state index in [0.717, 1.165) is 54.5 Å². The molecule has 0 atom stereocenters. The molecule has 0 aliphatic carbocycles. The van der Waals surface area contributed by atoms with Crippen LogP contribution in [0.1, 0.15) is 41.5 Å². The number of likely N-dealkylation sites (tertiary alicyclic amines) is 1. The molecule has 6 heteroatoms. The molecule has 1 aromatic carbocycles. The van der Waals surface area contributed by atoms with E-state index in [4.69, 9.17) is 0 Å². The van der Waals surface area contributed by atoms with Crippen LogP contribution in [0.3, 0.4) is 0 Å². The zero-order valence-electron chi connectivity index (χ0n) is 16.5. The highest BCUT2D eigenvalue weighted by Gasteiger charge is 2.22. The van der Waals surface area contributed by atoms with Crippen molar-refractivity contribution in [3.05, 3.63) is 47.3 Å². The highest BCUT2D eigenvalue weighted by atomic mass is 32.2. The van der Waals surface area contributed by atoms with E-state index in [9.17, 15) is 13.2 Å². The number of nitrogens with zero attached hydrogens (tertiary/aromatic N) is 2. The van der Waals surface area contributed by atoms with Crippen molar-refractivity contribution in [3.8, 4) is 5.69 Å². The predicted molar refractivity (Wildman–Crippen MR) is 108 cm³/mol. The number of piperidine rings is 1. The zero-order chi connectivity index (χ0) is 19.8. The Kier molecular flexibility index (Phi) is 5.58. The van der Waals surface area contributed by atoms with Crippen molar-refractivity contribution < 1.29 is 13.2 Å². The number of benzene rings is 1. The average Bonchev–Trinajstić information content (AvgIpc) is 2.91. The summed E-state index contributed by atoms with van der Waals surface area (Å²) in [4.78, 5) is 15.4. The van der Waals surface area contributed by atoms with E-state index >= 15 is 0 Å². The first kappa shape index (κ1) is 19.8. The molecule has 5 nitrogen and oxygen atoms in total. The van der Waals surface area contributed by atoms with Crippen LogP contribution in [0.15, 0.2) is 35.2 Å². The Balaban J connectivity index is 1.83. The first-order valence-corrected chi connectivity index (χ1v) is 11.3. The quantitative estimate of drug-likeness (QED) is 0.737. The zero-order valence-corrected chi connectivity index (χ0v) is 17.3. The molecule has 0 unspecified atom stereocenters. The molecular weight excluding hydrogens is 360 g/mol. The lowest BCUT2D eigenvalue weighted by Gasteiger charge is -2.29. The highest BCUT2D eigenvalue weighted by molar-refractivity contribution is 7.90. The molecule has 0 N–H and O–H groups in total. The topological polar surface area (TPSA) is 59.4 Å². The summed E-state index contributed by atoms with van der Waals surface area (Å²) in [6, 6.07) is 8.74. The molecule has 0 amide bonds. The number of hydrogen-bond donors (Lipinski definition) is 0. The second-order valence-electron chi connectivity index (χ2n) is 7.77. The van der Waals surface area contributed by atoms with Crippen LogP contribution >= 0.6 is 0 Å². The summed E-state index contributed by atoms with van der Waals surface area (Å²) in [7, 11) is -3.22. The fraction of sp³-hybridized carbons (Fsp3) is 0.476. The van der Waals surface area contributed by atoms with Gasteiger partial charge in [0.15, 0.2) is 15.6 Å². The van der Waals surface area contributed by atoms with Gasteiger partial charge in [0, 0.05) is 28.9 Å². The van der Waals surface area contributed by atoms with Gasteiger partial charge in [0.1, 0.15) is 0 Å². The van der Waals surface area contributed by atoms with Crippen LogP contribution in [0.5, 0.6) is 0 Å². The molecule has 3 rings (SSSR count). The van der Waals surface area contributed by atoms with Crippen LogP contribution in [0.2, 0.25) is 0 Å². The van der Waals surface area contributed by atoms with Gasteiger partial charge in [-0.05, 0) is 76.0 Å². The molecule has 0 bridgehead atoms. The van der Waals surface area contributed by atoms with Gasteiger partial charge >= 0.3 is 0 Å². The molecule has 0 saturated carbocycles. The average molecular weight is 389 g/mol. The molecule has 1 aliphatic rings. The summed E-state index contributed by atoms with van der Waals surface area (Å²) in [6.45, 7) is 8.61. The number of aryl methyl sites for hydroxylation is 1. The number of ketones is 1. The lowest BCUT2D eigenvalue weighted by molar-refractivity contribution is 0.0899. The van der Waals surface area contributed by atoms with Crippen molar-refractivity contribution in [2.45, 2.75) is 38.5 Å². The number of hydrogen-bond acceptors (Lipinski definition) is 4. The first-order valence-electron chi connectivity index (χ1n) is 9.42. The molecule has 2 aromatic rings. The molecule has 2 heterocycles. The Bertz CT molecular complexity index is 935. The van der Waals surface area contributed by atoms with Gasteiger partial charge in [-0.1, -0.05) is 6.92 Å². The number of Topliss-reactive ketones (excluding diaryl/α,β-unsaturated/α-hetero) is 1. The van der Waals surface area contributed by atoms with E-state index in [-0.39, 0.29) is 5.78 Å². The predicted octanol–water partition coefficient (Wildman–Crippen LogP) is 3.41. The van der Waals surface area contributed by atoms with Crippen LogP contribution in [-0.2, 0) is 9.84 Å². The van der Waals surface area contributed by atoms with Gasteiger partial charge in [-0.3, -0.25) is 9.69 Å². The van der Waals surface area contributed by atoms with E-state index in [1.807, 2.05) is 24.5 Å². The van der Waals surface area contributed by atoms with Crippen molar-refractivity contribution in [3.63, 3.8) is 0 Å². The summed E-state index contributed by atoms with van der Waals surface area (Å²) in [5.41, 5.74) is 3.48. The van der Waals surface area contributed by atoms with Gasteiger partial charge in [0.25, 0.3) is 0 Å². The summed E-state index contributed by atoms with van der Waals surface area (Å²) in [6.07, 6.45) is 3.50. The summed E-state index contributed by atoms with van der Waals surface area (Å²) >= 11 is 0. The second kappa shape index (κ2) is 7.60. The molecule has 1 aromatic heterocycles. The Labute approximate surface area is 161 Å². The standard InChI is InChI=1S/C21H28N2O3S/c1-15-9-11-22(12-10-15)14-21(24)20-13-16(2)23(17(20)3)18-5-7-19(8-6-18)27(4,25)26/h5-8,13,15H,9-12,14H2,1-4H3. The molecule has 146 valence electrons. The Morgan fingerprint density at radius 3 is 2.26 bits per heavy atom. The number of aromatic nitrogens is 1. The van der Waals surface area contributed by atoms with Crippen LogP contribution < -0.4 is 0 Å². The van der Waals surface area contributed by atoms with Crippen LogP contribution in [0.4, 0.5) is 0 Å². The third-order valence-electron chi connectivity index (χ3n) is 5.50. The molecule has 1 fully saturated rings. The number of carbonyl (C=O) groups is 1. The van der Waals surface area contributed by atoms with Gasteiger partial charge in [0.05, 0.1) is 11.4 Å². The molecule has 1 aliphatic heterocycles. The van der Waals surface area contributed by atoms with E-state index in [1.54, 1.807) is 24.3 Å². The Morgan fingerprint density at radius 1 is 1.11 bits per heavy atom. The monoisotopic (exact) mass is 388 g/mol. The Hall–Kier alpha value is -1.92. The lowest BCUT2D eigenvalue weighted by Crippen LogP contribution is -2.36. The molecular formula is C21H28N2O3S. The first-order chi connectivity index (χ1) is 12.7. The van der Waals surface area contributed by atoms with Crippen LogP contribution in [0.25, 0.3) is 5.69 Å². The normalized spacial score (nSPS) is 16.6. The van der Waals surface area contributed by atoms with Crippen molar-refractivity contribution >= 4 is 15.6 Å². The summed E-state index contributed by atoms with van der Waals surface area (Å²) in [5, 5.41) is 0. The maximum Gasteiger partial charge on any atom is 0.178 e. The minimum absolute atomic E-state index is 0.150. The molecule has 0 radical (unpaired) electrons. The highest BCUT2D eigenvalue weighted by Crippen LogP contribution is 2.23. The minimum Gasteiger partial charge on any atom is -0.318 e. The van der Waals surface area contributed by atoms with E-state index in [2.05, 4.69) is 11.8 Å². The summed E-state index contributed by atoms with van der Waals surface area (Å²) < 4.78 is 25.3. The second-order valence-corrected chi connectivity index (χ2v) is 9.78. The fourth-order valence-electron chi connectivity index (χ4n) is 3.79. The number of sulfone groups is 1. The van der Waals surface area contributed by atoms with Crippen LogP contribution in [-0.4, -0.2) is 49.6 Å². The Morgan fingerprint density at radius 2 is 1.70 bits per heavy atom. The fourth-order valence-corrected chi connectivity index (χ4v) is 4.42. The third kappa shape index (κ3) is 4.33. The number of rotatable bonds is 5. The van der Waals surface area contributed by atoms with Crippen molar-refractivity contribution in [2.75, 3.05) is 25.9 Å². The largest absolute Gasteiger partial charge is 0.318 e. The van der Waals surface area contributed by atoms with Gasteiger partial charge in [-0.15, -0.1) is 0 Å². The van der Waals surface area contributed by atoms with E-state index < -0.39 is 9.84 Å². The maximum atomic E-state index is 12.9. The number of carbonyl (C=O) groups excluding carboxylic acids is 1. The smallest absolute Gasteiger partial charge is 0.178 e. The summed E-state index contributed by atoms with van der Waals surface area (Å²) in [5.74, 6) is 0.896. The lowest BCUT2D eigenvalue weighted by atomic mass is 9.99. The van der Waals surface area contributed by atoms with Crippen molar-refractivity contribution in [1.82, 2.24) is 9.47 Å². The van der Waals surface area contributed by atoms with E-state index in [0.29, 0.717) is 11.4 Å². The maximum absolute atomic E-state index is 12.9. The van der Waals surface area contributed by atoms with E-state index in [1.165, 1.54) is 6.26 Å².